The number of hydrogen-bond donors (Lipinski definition) is 4. The molecule has 0 aliphatic carbocycles. The van der Waals surface area contributed by atoms with E-state index in [0.717, 1.165) is 20.3 Å². The monoisotopic (exact) mass is 525 g/mol. The van der Waals surface area contributed by atoms with Crippen LogP contribution in [-0.4, -0.2) is 65.1 Å². The molecule has 180 valence electrons. The van der Waals surface area contributed by atoms with E-state index in [1.54, 1.807) is 0 Å². The Morgan fingerprint density at radius 2 is 1.39 bits per heavy atom. The van der Waals surface area contributed by atoms with Gasteiger partial charge in [-0.3, -0.25) is 13.7 Å². The van der Waals surface area contributed by atoms with Crippen LogP contribution in [0.15, 0.2) is 50.7 Å². The van der Waals surface area contributed by atoms with Gasteiger partial charge in [0.2, 0.25) is 0 Å². The smallest absolute Gasteiger partial charge is 0.354 e. The molecule has 2 aromatic rings. The summed E-state index contributed by atoms with van der Waals surface area (Å²) in [6.07, 6.45) is 0.564. The lowest BCUT2D eigenvalue weighted by Gasteiger charge is -2.15. The number of hydrogen-bond acceptors (Lipinski definition) is 11. The number of esters is 2. The third-order valence-corrected chi connectivity index (χ3v) is 6.60. The van der Waals surface area contributed by atoms with E-state index in [2.05, 4.69) is 14.8 Å². The number of carbonyl (C=O) groups excluding carboxylic acids is 2. The van der Waals surface area contributed by atoms with Gasteiger partial charge in [-0.2, -0.15) is 25.3 Å². The third-order valence-electron chi connectivity index (χ3n) is 3.98. The summed E-state index contributed by atoms with van der Waals surface area (Å²) in [5, 5.41) is 1.24. The van der Waals surface area contributed by atoms with Crippen LogP contribution in [0.2, 0.25) is 0 Å². The second-order valence-corrected chi connectivity index (χ2v) is 10.3. The zero-order chi connectivity index (χ0) is 25.4. The lowest BCUT2D eigenvalue weighted by molar-refractivity contribution is -0.138. The van der Waals surface area contributed by atoms with Gasteiger partial charge in [0.15, 0.2) is 0 Å². The van der Waals surface area contributed by atoms with Gasteiger partial charge in [0, 0.05) is 5.39 Å². The molecule has 17 heteroatoms. The zero-order valence-corrected chi connectivity index (χ0v) is 19.0. The first kappa shape index (κ1) is 26.2. The van der Waals surface area contributed by atoms with Crippen LogP contribution in [0.25, 0.3) is 10.8 Å². The molecule has 0 aliphatic heterocycles. The number of nitrogens with one attached hydrogen (secondary N) is 1. The van der Waals surface area contributed by atoms with Gasteiger partial charge in [-0.05, 0) is 29.7 Å². The number of ether oxygens (including phenoxy) is 2. The predicted molar refractivity (Wildman–Crippen MR) is 109 cm³/mol. The molecule has 2 aromatic carbocycles. The summed E-state index contributed by atoms with van der Waals surface area (Å²) in [4.78, 5) is 20.4. The SMILES string of the molecule is COC(=O)/C=C(/Nc1cc2c(S(=O)(=O)O)cc(S(=O)(=O)O)cc2cc1S(=O)(=O)O)C(=O)OC. The minimum atomic E-state index is -5.15. The molecule has 0 amide bonds. The van der Waals surface area contributed by atoms with Crippen molar-refractivity contribution >= 4 is 58.8 Å². The summed E-state index contributed by atoms with van der Waals surface area (Å²) in [6, 6.07) is 2.39. The van der Waals surface area contributed by atoms with Crippen LogP contribution in [0.1, 0.15) is 0 Å². The van der Waals surface area contributed by atoms with Gasteiger partial charge in [0.1, 0.15) is 15.5 Å². The molecule has 4 N–H and O–H groups in total. The van der Waals surface area contributed by atoms with E-state index < -0.39 is 79.1 Å². The summed E-state index contributed by atoms with van der Waals surface area (Å²) in [5.41, 5.74) is -1.37. The Morgan fingerprint density at radius 3 is 1.85 bits per heavy atom. The van der Waals surface area contributed by atoms with Crippen molar-refractivity contribution in [1.29, 1.82) is 0 Å². The summed E-state index contributed by atoms with van der Waals surface area (Å²) < 4.78 is 108. The topological polar surface area (TPSA) is 228 Å². The summed E-state index contributed by atoms with van der Waals surface area (Å²) in [6.45, 7) is 0. The van der Waals surface area contributed by atoms with Gasteiger partial charge >= 0.3 is 11.9 Å². The molecule has 0 radical (unpaired) electrons. The average molecular weight is 525 g/mol. The van der Waals surface area contributed by atoms with Crippen molar-refractivity contribution in [2.75, 3.05) is 19.5 Å². The van der Waals surface area contributed by atoms with Crippen molar-refractivity contribution in [2.24, 2.45) is 0 Å². The standard InChI is InChI=1S/C16H15NO13S3/c1-29-15(18)7-12(16(19)30-2)17-11-6-10-8(4-14(11)33(26,27)28)3-9(31(20,21)22)5-13(10)32(23,24)25/h3-7,17H,1-2H3,(H,20,21,22)(H,23,24,25)(H,26,27,28)/b12-7+. The van der Waals surface area contributed by atoms with Crippen LogP contribution < -0.4 is 5.32 Å². The number of fused-ring (bicyclic) bond motifs is 1. The van der Waals surface area contributed by atoms with Crippen molar-refractivity contribution in [2.45, 2.75) is 14.7 Å². The van der Waals surface area contributed by atoms with Gasteiger partial charge in [0.05, 0.1) is 30.9 Å². The number of carbonyl (C=O) groups is 2. The number of rotatable bonds is 7. The van der Waals surface area contributed by atoms with E-state index in [4.69, 9.17) is 0 Å². The van der Waals surface area contributed by atoms with Gasteiger partial charge in [-0.25, -0.2) is 9.59 Å². The first-order valence-corrected chi connectivity index (χ1v) is 12.5. The fourth-order valence-electron chi connectivity index (χ4n) is 2.58. The highest BCUT2D eigenvalue weighted by molar-refractivity contribution is 7.87. The third kappa shape index (κ3) is 6.03. The van der Waals surface area contributed by atoms with Crippen molar-refractivity contribution in [3.63, 3.8) is 0 Å². The maximum Gasteiger partial charge on any atom is 0.354 e. The van der Waals surface area contributed by atoms with Gasteiger partial charge in [-0.15, -0.1) is 0 Å². The Balaban J connectivity index is 2.99. The van der Waals surface area contributed by atoms with E-state index in [1.807, 2.05) is 0 Å². The molecule has 2 rings (SSSR count). The van der Waals surface area contributed by atoms with E-state index in [1.165, 1.54) is 0 Å². The molecule has 0 spiro atoms. The van der Waals surface area contributed by atoms with Crippen molar-refractivity contribution in [3.05, 3.63) is 36.0 Å². The minimum Gasteiger partial charge on any atom is -0.466 e. The predicted octanol–water partition coefficient (Wildman–Crippen LogP) is 0.222. The molecule has 0 saturated carbocycles. The van der Waals surface area contributed by atoms with Crippen LogP contribution in [-0.2, 0) is 49.4 Å². The van der Waals surface area contributed by atoms with Crippen LogP contribution >= 0.6 is 0 Å². The average Bonchev–Trinajstić information content (AvgIpc) is 2.68. The van der Waals surface area contributed by atoms with E-state index in [-0.39, 0.29) is 0 Å². The van der Waals surface area contributed by atoms with E-state index in [0.29, 0.717) is 24.3 Å². The first-order chi connectivity index (χ1) is 15.0. The Labute approximate surface area is 187 Å². The molecule has 0 aromatic heterocycles. The molecule has 0 bridgehead atoms. The lowest BCUT2D eigenvalue weighted by atomic mass is 10.1. The van der Waals surface area contributed by atoms with Crippen LogP contribution in [0.4, 0.5) is 5.69 Å². The number of methoxy groups -OCH3 is 2. The molecular formula is C16H15NO13S3. The zero-order valence-electron chi connectivity index (χ0n) is 16.5. The van der Waals surface area contributed by atoms with Gasteiger partial charge < -0.3 is 14.8 Å². The van der Waals surface area contributed by atoms with Gasteiger partial charge in [0.25, 0.3) is 30.4 Å². The molecule has 0 heterocycles. The highest BCUT2D eigenvalue weighted by atomic mass is 32.2. The normalized spacial score (nSPS) is 12.9. The van der Waals surface area contributed by atoms with Crippen LogP contribution in [0.5, 0.6) is 0 Å². The Bertz CT molecular complexity index is 1500. The summed E-state index contributed by atoms with van der Waals surface area (Å²) >= 11 is 0. The maximum absolute atomic E-state index is 12.0. The molecule has 0 saturated heterocycles. The molecular weight excluding hydrogens is 510 g/mol. The molecule has 0 aliphatic rings. The minimum absolute atomic E-state index is 0.398. The Hall–Kier alpha value is -3.09. The number of anilines is 1. The van der Waals surface area contributed by atoms with Crippen molar-refractivity contribution in [1.82, 2.24) is 0 Å². The van der Waals surface area contributed by atoms with E-state index >= 15 is 0 Å². The number of benzene rings is 2. The molecule has 0 fully saturated rings. The quantitative estimate of drug-likeness (QED) is 0.215. The lowest BCUT2D eigenvalue weighted by Crippen LogP contribution is -2.17. The molecule has 0 atom stereocenters. The fourth-order valence-corrected chi connectivity index (χ4v) is 4.59. The fraction of sp³-hybridized carbons (Fsp3) is 0.125. The highest BCUT2D eigenvalue weighted by Gasteiger charge is 2.25. The Kier molecular flexibility index (Phi) is 7.17. The highest BCUT2D eigenvalue weighted by Crippen LogP contribution is 2.34. The second-order valence-electron chi connectivity index (χ2n) is 6.11. The first-order valence-electron chi connectivity index (χ1n) is 8.18. The maximum atomic E-state index is 12.0. The van der Waals surface area contributed by atoms with E-state index in [9.17, 15) is 48.5 Å². The van der Waals surface area contributed by atoms with Gasteiger partial charge in [-0.1, -0.05) is 0 Å². The Morgan fingerprint density at radius 1 is 0.818 bits per heavy atom. The largest absolute Gasteiger partial charge is 0.466 e. The van der Waals surface area contributed by atoms with Crippen LogP contribution in [0, 0.1) is 0 Å². The summed E-state index contributed by atoms with van der Waals surface area (Å²) in [5.74, 6) is -2.27. The second kappa shape index (κ2) is 9.04. The van der Waals surface area contributed by atoms with Crippen LogP contribution in [0.3, 0.4) is 0 Å². The van der Waals surface area contributed by atoms with Crippen molar-refractivity contribution in [3.8, 4) is 0 Å². The summed E-state index contributed by atoms with van der Waals surface area (Å²) in [7, 11) is -13.4. The molecule has 0 unspecified atom stereocenters. The molecule has 14 nitrogen and oxygen atoms in total. The van der Waals surface area contributed by atoms with Crippen molar-refractivity contribution < 1.29 is 58.0 Å². The molecule has 33 heavy (non-hydrogen) atoms.